The van der Waals surface area contributed by atoms with Crippen LogP contribution in [0.25, 0.3) is 17.2 Å². The molecule has 28 heavy (non-hydrogen) atoms. The summed E-state index contributed by atoms with van der Waals surface area (Å²) in [6, 6.07) is 20.7. The zero-order valence-electron chi connectivity index (χ0n) is 15.1. The Morgan fingerprint density at radius 1 is 1.00 bits per heavy atom. The second-order valence-corrected chi connectivity index (χ2v) is 6.41. The smallest absolute Gasteiger partial charge is 0.417 e. The van der Waals surface area contributed by atoms with Crippen molar-refractivity contribution < 1.29 is 14.3 Å². The number of carbonyl (C=O) groups excluding carboxylic acids is 2. The van der Waals surface area contributed by atoms with E-state index in [1.807, 2.05) is 66.7 Å². The molecule has 0 aliphatic carbocycles. The molecular weight excluding hydrogens is 352 g/mol. The summed E-state index contributed by atoms with van der Waals surface area (Å²) in [4.78, 5) is 30.0. The molecule has 0 spiro atoms. The molecule has 2 aromatic carbocycles. The van der Waals surface area contributed by atoms with E-state index in [2.05, 4.69) is 4.98 Å². The van der Waals surface area contributed by atoms with Crippen LogP contribution in [0.5, 0.6) is 0 Å². The van der Waals surface area contributed by atoms with Crippen LogP contribution in [0, 0.1) is 0 Å². The van der Waals surface area contributed by atoms with Crippen LogP contribution in [-0.2, 0) is 9.53 Å². The van der Waals surface area contributed by atoms with Crippen LogP contribution in [0.15, 0.2) is 85.2 Å². The maximum atomic E-state index is 12.7. The Labute approximate surface area is 162 Å². The summed E-state index contributed by atoms with van der Waals surface area (Å²) < 4.78 is 5.11. The lowest BCUT2D eigenvalue weighted by molar-refractivity contribution is -0.124. The Hall–Kier alpha value is -3.73. The monoisotopic (exact) mass is 370 g/mol. The fourth-order valence-electron chi connectivity index (χ4n) is 3.20. The third-order valence-corrected chi connectivity index (χ3v) is 4.61. The van der Waals surface area contributed by atoms with E-state index in [1.165, 1.54) is 11.0 Å². The molecule has 1 atom stereocenters. The SMILES string of the molecule is O=C(/C=C/c1cccc(-c2ccncc2)c1)N1C(=O)OC[C@@H]1c1ccccc1. The van der Waals surface area contributed by atoms with Crippen molar-refractivity contribution >= 4 is 18.1 Å². The number of benzene rings is 2. The topological polar surface area (TPSA) is 59.5 Å². The van der Waals surface area contributed by atoms with E-state index < -0.39 is 18.0 Å². The van der Waals surface area contributed by atoms with Crippen LogP contribution < -0.4 is 0 Å². The normalized spacial score (nSPS) is 16.4. The molecule has 0 bridgehead atoms. The predicted octanol–water partition coefficient (Wildman–Crippen LogP) is 4.48. The van der Waals surface area contributed by atoms with Crippen LogP contribution in [0.1, 0.15) is 17.2 Å². The van der Waals surface area contributed by atoms with Gasteiger partial charge in [-0.2, -0.15) is 0 Å². The maximum Gasteiger partial charge on any atom is 0.417 e. The predicted molar refractivity (Wildman–Crippen MR) is 106 cm³/mol. The second kappa shape index (κ2) is 7.88. The van der Waals surface area contributed by atoms with Gasteiger partial charge in [-0.25, -0.2) is 9.69 Å². The van der Waals surface area contributed by atoms with Crippen LogP contribution in [0.4, 0.5) is 4.79 Å². The van der Waals surface area contributed by atoms with Crippen molar-refractivity contribution in [3.63, 3.8) is 0 Å². The van der Waals surface area contributed by atoms with E-state index in [-0.39, 0.29) is 6.61 Å². The first-order chi connectivity index (χ1) is 13.7. The number of hydrogen-bond donors (Lipinski definition) is 0. The van der Waals surface area contributed by atoms with Gasteiger partial charge in [-0.05, 0) is 46.5 Å². The fourth-order valence-corrected chi connectivity index (χ4v) is 3.20. The van der Waals surface area contributed by atoms with Gasteiger partial charge in [-0.1, -0.05) is 48.5 Å². The number of rotatable bonds is 4. The molecule has 1 fully saturated rings. The summed E-state index contributed by atoms with van der Waals surface area (Å²) in [5.74, 6) is -0.398. The van der Waals surface area contributed by atoms with E-state index in [4.69, 9.17) is 4.74 Å². The molecular formula is C23H18N2O3. The molecule has 0 saturated carbocycles. The third-order valence-electron chi connectivity index (χ3n) is 4.61. The number of aromatic nitrogens is 1. The van der Waals surface area contributed by atoms with Gasteiger partial charge < -0.3 is 4.74 Å². The van der Waals surface area contributed by atoms with Gasteiger partial charge in [0.1, 0.15) is 12.6 Å². The molecule has 5 heteroatoms. The van der Waals surface area contributed by atoms with Gasteiger partial charge in [0.05, 0.1) is 0 Å². The Balaban J connectivity index is 1.54. The summed E-state index contributed by atoms with van der Waals surface area (Å²) in [5.41, 5.74) is 3.81. The van der Waals surface area contributed by atoms with Gasteiger partial charge in [0, 0.05) is 18.5 Å². The van der Waals surface area contributed by atoms with E-state index in [1.54, 1.807) is 18.5 Å². The highest BCUT2D eigenvalue weighted by atomic mass is 16.6. The van der Waals surface area contributed by atoms with Gasteiger partial charge in [-0.15, -0.1) is 0 Å². The minimum atomic E-state index is -0.617. The number of ether oxygens (including phenoxy) is 1. The van der Waals surface area contributed by atoms with Gasteiger partial charge in [0.2, 0.25) is 0 Å². The maximum absolute atomic E-state index is 12.7. The average Bonchev–Trinajstić information content (AvgIpc) is 3.15. The highest BCUT2D eigenvalue weighted by Crippen LogP contribution is 2.28. The standard InChI is InChI=1S/C23H18N2O3/c26-22(25-21(16-28-23(25)27)19-6-2-1-3-7-19)10-9-17-5-4-8-20(15-17)18-11-13-24-14-12-18/h1-15,21H,16H2/b10-9+/t21-/m1/s1. The van der Waals surface area contributed by atoms with E-state index in [0.717, 1.165) is 22.3 Å². The number of amides is 2. The molecule has 1 aromatic heterocycles. The molecule has 0 radical (unpaired) electrons. The summed E-state index contributed by atoms with van der Waals surface area (Å²) in [7, 11) is 0. The van der Waals surface area contributed by atoms with Crippen LogP contribution in [-0.4, -0.2) is 28.5 Å². The van der Waals surface area contributed by atoms with Crippen LogP contribution >= 0.6 is 0 Å². The molecule has 1 aliphatic heterocycles. The lowest BCUT2D eigenvalue weighted by Gasteiger charge is -2.18. The number of carbonyl (C=O) groups is 2. The number of nitrogens with zero attached hydrogens (tertiary/aromatic N) is 2. The van der Waals surface area contributed by atoms with Crippen molar-refractivity contribution in [2.24, 2.45) is 0 Å². The molecule has 138 valence electrons. The average molecular weight is 370 g/mol. The molecule has 2 heterocycles. The Bertz CT molecular complexity index is 1020. The number of imide groups is 1. The van der Waals surface area contributed by atoms with Crippen molar-refractivity contribution in [1.29, 1.82) is 0 Å². The quantitative estimate of drug-likeness (QED) is 0.635. The molecule has 1 aliphatic rings. The van der Waals surface area contributed by atoms with E-state index in [0.29, 0.717) is 0 Å². The minimum Gasteiger partial charge on any atom is -0.446 e. The zero-order chi connectivity index (χ0) is 19.3. The summed E-state index contributed by atoms with van der Waals surface area (Å²) in [5, 5.41) is 0. The van der Waals surface area contributed by atoms with Crippen LogP contribution in [0.3, 0.4) is 0 Å². The van der Waals surface area contributed by atoms with E-state index >= 15 is 0 Å². The first-order valence-electron chi connectivity index (χ1n) is 8.96. The van der Waals surface area contributed by atoms with Crippen molar-refractivity contribution in [2.45, 2.75) is 6.04 Å². The van der Waals surface area contributed by atoms with Gasteiger partial charge in [0.15, 0.2) is 0 Å². The van der Waals surface area contributed by atoms with Gasteiger partial charge >= 0.3 is 6.09 Å². The van der Waals surface area contributed by atoms with Crippen molar-refractivity contribution in [2.75, 3.05) is 6.61 Å². The van der Waals surface area contributed by atoms with Gasteiger partial charge in [0.25, 0.3) is 5.91 Å². The number of pyridine rings is 1. The molecule has 2 amide bonds. The molecule has 3 aromatic rings. The molecule has 0 unspecified atom stereocenters. The van der Waals surface area contributed by atoms with Crippen molar-refractivity contribution in [3.8, 4) is 11.1 Å². The first-order valence-corrected chi connectivity index (χ1v) is 8.96. The zero-order valence-corrected chi connectivity index (χ0v) is 15.1. The highest BCUT2D eigenvalue weighted by Gasteiger charge is 2.37. The Kier molecular flexibility index (Phi) is 4.97. The summed E-state index contributed by atoms with van der Waals surface area (Å²) in [6.45, 7) is 0.167. The molecule has 4 rings (SSSR count). The second-order valence-electron chi connectivity index (χ2n) is 6.41. The number of cyclic esters (lactones) is 1. The third kappa shape index (κ3) is 3.69. The Morgan fingerprint density at radius 3 is 2.57 bits per heavy atom. The lowest BCUT2D eigenvalue weighted by Crippen LogP contribution is -2.32. The molecule has 1 saturated heterocycles. The summed E-state index contributed by atoms with van der Waals surface area (Å²) in [6.07, 6.45) is 5.98. The number of hydrogen-bond acceptors (Lipinski definition) is 4. The van der Waals surface area contributed by atoms with Gasteiger partial charge in [-0.3, -0.25) is 9.78 Å². The van der Waals surface area contributed by atoms with Crippen molar-refractivity contribution in [1.82, 2.24) is 9.88 Å². The Morgan fingerprint density at radius 2 is 1.79 bits per heavy atom. The van der Waals surface area contributed by atoms with Crippen LogP contribution in [0.2, 0.25) is 0 Å². The highest BCUT2D eigenvalue weighted by molar-refractivity contribution is 6.02. The largest absolute Gasteiger partial charge is 0.446 e. The summed E-state index contributed by atoms with van der Waals surface area (Å²) >= 11 is 0. The van der Waals surface area contributed by atoms with Crippen molar-refractivity contribution in [3.05, 3.63) is 96.3 Å². The minimum absolute atomic E-state index is 0.167. The molecule has 5 nitrogen and oxygen atoms in total. The van der Waals surface area contributed by atoms with E-state index in [9.17, 15) is 9.59 Å². The first kappa shape index (κ1) is 17.7. The fraction of sp³-hybridized carbons (Fsp3) is 0.0870. The lowest BCUT2D eigenvalue weighted by atomic mass is 10.0. The molecule has 0 N–H and O–H groups in total.